The Morgan fingerprint density at radius 3 is 2.47 bits per heavy atom. The predicted octanol–water partition coefficient (Wildman–Crippen LogP) is 5.19. The van der Waals surface area contributed by atoms with E-state index in [4.69, 9.17) is 14.6 Å². The normalized spacial score (nSPS) is 18.7. The van der Waals surface area contributed by atoms with E-state index in [1.807, 2.05) is 79.7 Å². The largest absolute Gasteiger partial charge is 0.493 e. The van der Waals surface area contributed by atoms with Crippen molar-refractivity contribution in [2.45, 2.75) is 31.1 Å². The number of aryl methyl sites for hydroxylation is 1. The van der Waals surface area contributed by atoms with Crippen LogP contribution < -0.4 is 14.8 Å². The van der Waals surface area contributed by atoms with Gasteiger partial charge in [0.15, 0.2) is 16.7 Å². The molecule has 0 bridgehead atoms. The molecule has 0 fully saturated rings. The monoisotopic (exact) mass is 528 g/mol. The highest BCUT2D eigenvalue weighted by Gasteiger charge is 2.39. The number of rotatable bonds is 7. The van der Waals surface area contributed by atoms with Crippen molar-refractivity contribution in [3.05, 3.63) is 89.5 Å². The van der Waals surface area contributed by atoms with E-state index in [2.05, 4.69) is 10.3 Å². The minimum Gasteiger partial charge on any atom is -0.493 e. The van der Waals surface area contributed by atoms with E-state index in [1.165, 1.54) is 11.8 Å². The van der Waals surface area contributed by atoms with E-state index in [0.29, 0.717) is 28.8 Å². The molecule has 0 aliphatic carbocycles. The summed E-state index contributed by atoms with van der Waals surface area (Å²) in [7, 11) is 3.20. The van der Waals surface area contributed by atoms with Crippen molar-refractivity contribution in [1.82, 2.24) is 5.01 Å². The van der Waals surface area contributed by atoms with E-state index < -0.39 is 5.25 Å². The van der Waals surface area contributed by atoms with Crippen molar-refractivity contribution in [1.29, 1.82) is 0 Å². The number of hydrogen-bond acceptors (Lipinski definition) is 7. The molecule has 2 amide bonds. The van der Waals surface area contributed by atoms with Gasteiger partial charge in [0.2, 0.25) is 5.91 Å². The first kappa shape index (κ1) is 25.5. The molecule has 0 radical (unpaired) electrons. The summed E-state index contributed by atoms with van der Waals surface area (Å²) in [4.78, 5) is 29.9. The van der Waals surface area contributed by atoms with Crippen LogP contribution in [0.15, 0.2) is 82.9 Å². The number of aliphatic imine (C=N–C) groups is 1. The maximum Gasteiger partial charge on any atom is 0.262 e. The zero-order chi connectivity index (χ0) is 26.6. The summed E-state index contributed by atoms with van der Waals surface area (Å²) in [5.41, 5.74) is 4.65. The third-order valence-corrected chi connectivity index (χ3v) is 7.58. The fourth-order valence-corrected chi connectivity index (χ4v) is 5.49. The van der Waals surface area contributed by atoms with Gasteiger partial charge in [-0.05, 0) is 42.3 Å². The van der Waals surface area contributed by atoms with E-state index in [9.17, 15) is 9.59 Å². The molecule has 2 atom stereocenters. The Balaban J connectivity index is 1.37. The number of amidine groups is 1. The van der Waals surface area contributed by atoms with Crippen LogP contribution in [0, 0.1) is 6.92 Å². The van der Waals surface area contributed by atoms with Crippen molar-refractivity contribution in [2.75, 3.05) is 19.5 Å². The van der Waals surface area contributed by atoms with Gasteiger partial charge in [-0.1, -0.05) is 65.9 Å². The predicted molar refractivity (Wildman–Crippen MR) is 150 cm³/mol. The van der Waals surface area contributed by atoms with Crippen LogP contribution in [0.25, 0.3) is 0 Å². The molecular weight excluding hydrogens is 500 g/mol. The molecule has 194 valence electrons. The Hall–Kier alpha value is -4.11. The highest BCUT2D eigenvalue weighted by molar-refractivity contribution is 8.15. The average Bonchev–Trinajstić information content (AvgIpc) is 3.54. The van der Waals surface area contributed by atoms with E-state index in [-0.39, 0.29) is 24.3 Å². The Bertz CT molecular complexity index is 1410. The molecule has 3 aromatic carbocycles. The lowest BCUT2D eigenvalue weighted by atomic mass is 9.98. The number of amides is 2. The van der Waals surface area contributed by atoms with Gasteiger partial charge in [-0.2, -0.15) is 10.1 Å². The van der Waals surface area contributed by atoms with Crippen LogP contribution in [0.3, 0.4) is 0 Å². The molecule has 2 aliphatic rings. The summed E-state index contributed by atoms with van der Waals surface area (Å²) in [6, 6.07) is 23.0. The van der Waals surface area contributed by atoms with Crippen molar-refractivity contribution in [3.8, 4) is 11.5 Å². The van der Waals surface area contributed by atoms with Gasteiger partial charge in [0.1, 0.15) is 5.25 Å². The second-order valence-corrected chi connectivity index (χ2v) is 10.2. The van der Waals surface area contributed by atoms with E-state index in [1.54, 1.807) is 19.2 Å². The minimum atomic E-state index is -0.613. The standard InChI is InChI=1S/C29H28N4O4S/c1-18-9-12-21(13-10-18)30-27(34)17-26-28(35)31-29(38-26)33-23(16-22(32-33)19-7-5-4-6-8-19)20-11-14-24(36-2)25(15-20)37-3/h4-15,23,26H,16-17H2,1-3H3,(H,30,34)/t23-,26-/m0/s1. The summed E-state index contributed by atoms with van der Waals surface area (Å²) < 4.78 is 10.9. The van der Waals surface area contributed by atoms with Gasteiger partial charge in [0, 0.05) is 18.5 Å². The first-order chi connectivity index (χ1) is 18.4. The van der Waals surface area contributed by atoms with Gasteiger partial charge >= 0.3 is 0 Å². The van der Waals surface area contributed by atoms with Gasteiger partial charge < -0.3 is 14.8 Å². The van der Waals surface area contributed by atoms with Gasteiger partial charge in [-0.3, -0.25) is 9.59 Å². The molecule has 5 rings (SSSR count). The molecule has 3 aromatic rings. The Morgan fingerprint density at radius 2 is 1.76 bits per heavy atom. The zero-order valence-electron chi connectivity index (χ0n) is 21.4. The number of methoxy groups -OCH3 is 2. The van der Waals surface area contributed by atoms with Crippen LogP contribution in [0.5, 0.6) is 11.5 Å². The number of nitrogens with zero attached hydrogens (tertiary/aromatic N) is 3. The van der Waals surface area contributed by atoms with Crippen LogP contribution in [0.1, 0.15) is 35.6 Å². The van der Waals surface area contributed by atoms with Gasteiger partial charge in [-0.15, -0.1) is 0 Å². The SMILES string of the molecule is COc1ccc([C@@H]2CC(c3ccccc3)=NN2C2=NC(=O)[C@H](CC(=O)Nc3ccc(C)cc3)S2)cc1OC. The summed E-state index contributed by atoms with van der Waals surface area (Å²) in [6.45, 7) is 1.98. The fraction of sp³-hybridized carbons (Fsp3) is 0.241. The second kappa shape index (κ2) is 11.1. The quantitative estimate of drug-likeness (QED) is 0.454. The van der Waals surface area contributed by atoms with E-state index >= 15 is 0 Å². The number of carbonyl (C=O) groups is 2. The van der Waals surface area contributed by atoms with Crippen LogP contribution in [0.2, 0.25) is 0 Å². The van der Waals surface area contributed by atoms with Gasteiger partial charge in [0.25, 0.3) is 5.91 Å². The molecule has 2 heterocycles. The summed E-state index contributed by atoms with van der Waals surface area (Å²) >= 11 is 1.27. The molecule has 8 nitrogen and oxygen atoms in total. The molecule has 0 unspecified atom stereocenters. The molecule has 2 aliphatic heterocycles. The second-order valence-electron chi connectivity index (χ2n) is 9.05. The van der Waals surface area contributed by atoms with Crippen molar-refractivity contribution < 1.29 is 19.1 Å². The van der Waals surface area contributed by atoms with Crippen molar-refractivity contribution in [3.63, 3.8) is 0 Å². The fourth-order valence-electron chi connectivity index (χ4n) is 4.43. The molecule has 9 heteroatoms. The molecule has 38 heavy (non-hydrogen) atoms. The lowest BCUT2D eigenvalue weighted by Gasteiger charge is -2.24. The lowest BCUT2D eigenvalue weighted by molar-refractivity contribution is -0.121. The molecule has 0 saturated carbocycles. The van der Waals surface area contributed by atoms with E-state index in [0.717, 1.165) is 22.4 Å². The number of ether oxygens (including phenoxy) is 2. The van der Waals surface area contributed by atoms with Gasteiger partial charge in [0.05, 0.1) is 26.0 Å². The Labute approximate surface area is 225 Å². The number of benzene rings is 3. The number of hydrogen-bond donors (Lipinski definition) is 1. The minimum absolute atomic E-state index is 0.0223. The van der Waals surface area contributed by atoms with Crippen LogP contribution in [-0.4, -0.2) is 47.2 Å². The highest BCUT2D eigenvalue weighted by Crippen LogP contribution is 2.41. The zero-order valence-corrected chi connectivity index (χ0v) is 22.2. The molecule has 0 saturated heterocycles. The van der Waals surface area contributed by atoms with Crippen molar-refractivity contribution in [2.24, 2.45) is 10.1 Å². The molecule has 0 aromatic heterocycles. The van der Waals surface area contributed by atoms with Gasteiger partial charge in [-0.25, -0.2) is 5.01 Å². The highest BCUT2D eigenvalue weighted by atomic mass is 32.2. The average molecular weight is 529 g/mol. The Morgan fingerprint density at radius 1 is 1.03 bits per heavy atom. The summed E-state index contributed by atoms with van der Waals surface area (Å²) in [6.07, 6.45) is 0.639. The number of anilines is 1. The van der Waals surface area contributed by atoms with Crippen LogP contribution in [-0.2, 0) is 9.59 Å². The Kier molecular flexibility index (Phi) is 7.46. The number of thioether (sulfide) groups is 1. The summed E-state index contributed by atoms with van der Waals surface area (Å²) in [5.74, 6) is 0.675. The number of carbonyl (C=O) groups excluding carboxylic acids is 2. The molecular formula is C29H28N4O4S. The van der Waals surface area contributed by atoms with Crippen LogP contribution in [0.4, 0.5) is 5.69 Å². The summed E-state index contributed by atoms with van der Waals surface area (Å²) in [5, 5.41) is 9.42. The third-order valence-electron chi connectivity index (χ3n) is 6.44. The lowest BCUT2D eigenvalue weighted by Crippen LogP contribution is -2.25. The van der Waals surface area contributed by atoms with Crippen LogP contribution >= 0.6 is 11.8 Å². The topological polar surface area (TPSA) is 92.6 Å². The smallest absolute Gasteiger partial charge is 0.262 e. The first-order valence-electron chi connectivity index (χ1n) is 12.2. The maximum atomic E-state index is 12.9. The molecule has 1 N–H and O–H groups in total. The first-order valence-corrected chi connectivity index (χ1v) is 13.1. The molecule has 0 spiro atoms. The van der Waals surface area contributed by atoms with Crippen molar-refractivity contribution >= 4 is 40.1 Å². The third kappa shape index (κ3) is 5.43. The number of nitrogens with one attached hydrogen (secondary N) is 1. The number of hydrazone groups is 1. The maximum absolute atomic E-state index is 12.9.